The number of hydrogen-bond donors (Lipinski definition) is 0. The van der Waals surface area contributed by atoms with Crippen LogP contribution in [0.15, 0.2) is 24.3 Å². The molecule has 1 aromatic rings. The molecule has 0 saturated heterocycles. The highest BCUT2D eigenvalue weighted by atomic mass is 16.6. The molecule has 1 rings (SSSR count). The highest BCUT2D eigenvalue weighted by Crippen LogP contribution is 2.27. The summed E-state index contributed by atoms with van der Waals surface area (Å²) in [4.78, 5) is 23.8. The lowest BCUT2D eigenvalue weighted by molar-refractivity contribution is -0.137. The van der Waals surface area contributed by atoms with Crippen molar-refractivity contribution < 1.29 is 19.1 Å². The van der Waals surface area contributed by atoms with E-state index < -0.39 is 0 Å². The standard InChI is InChI=1S/C21H32O4/c1-4-5-6-7-8-9-10-15-20(22)24-18-13-11-12-14-19(18)25-21(23)16-17(2)3/h11-14,17H,4-10,15-16H2,1-3H3. The molecule has 140 valence electrons. The van der Waals surface area contributed by atoms with Gasteiger partial charge in [0.1, 0.15) is 0 Å². The summed E-state index contributed by atoms with van der Waals surface area (Å²) in [6, 6.07) is 6.82. The summed E-state index contributed by atoms with van der Waals surface area (Å²) in [5.74, 6) is 0.250. The zero-order valence-corrected chi connectivity index (χ0v) is 15.9. The molecule has 0 unspecified atom stereocenters. The predicted octanol–water partition coefficient (Wildman–Crippen LogP) is 5.68. The molecule has 0 spiro atoms. The second-order valence-electron chi connectivity index (χ2n) is 6.86. The lowest BCUT2D eigenvalue weighted by Crippen LogP contribution is -2.13. The van der Waals surface area contributed by atoms with E-state index in [1.54, 1.807) is 24.3 Å². The van der Waals surface area contributed by atoms with Crippen LogP contribution in [0.1, 0.15) is 78.6 Å². The van der Waals surface area contributed by atoms with Crippen LogP contribution in [0.2, 0.25) is 0 Å². The lowest BCUT2D eigenvalue weighted by atomic mass is 10.1. The molecule has 4 heteroatoms. The van der Waals surface area contributed by atoms with Crippen molar-refractivity contribution in [3.8, 4) is 11.5 Å². The predicted molar refractivity (Wildman–Crippen MR) is 99.8 cm³/mol. The average Bonchev–Trinajstić information content (AvgIpc) is 2.55. The van der Waals surface area contributed by atoms with Gasteiger partial charge in [-0.15, -0.1) is 0 Å². The van der Waals surface area contributed by atoms with Crippen LogP contribution in [0.25, 0.3) is 0 Å². The maximum Gasteiger partial charge on any atom is 0.311 e. The molecule has 0 radical (unpaired) electrons. The average molecular weight is 348 g/mol. The van der Waals surface area contributed by atoms with Gasteiger partial charge in [-0.3, -0.25) is 9.59 Å². The largest absolute Gasteiger partial charge is 0.423 e. The summed E-state index contributed by atoms with van der Waals surface area (Å²) >= 11 is 0. The van der Waals surface area contributed by atoms with Gasteiger partial charge in [0.05, 0.1) is 0 Å². The van der Waals surface area contributed by atoms with E-state index in [-0.39, 0.29) is 17.9 Å². The Bertz CT molecular complexity index is 522. The van der Waals surface area contributed by atoms with Crippen LogP contribution in [0.5, 0.6) is 11.5 Å². The number of benzene rings is 1. The van der Waals surface area contributed by atoms with Gasteiger partial charge < -0.3 is 9.47 Å². The Labute approximate surface area is 151 Å². The number of esters is 2. The van der Waals surface area contributed by atoms with Gasteiger partial charge in [-0.1, -0.05) is 71.4 Å². The smallest absolute Gasteiger partial charge is 0.311 e. The van der Waals surface area contributed by atoms with E-state index in [1.807, 2.05) is 13.8 Å². The minimum atomic E-state index is -0.314. The summed E-state index contributed by atoms with van der Waals surface area (Å²) in [5, 5.41) is 0. The molecule has 4 nitrogen and oxygen atoms in total. The van der Waals surface area contributed by atoms with E-state index >= 15 is 0 Å². The highest BCUT2D eigenvalue weighted by Gasteiger charge is 2.14. The van der Waals surface area contributed by atoms with Crippen molar-refractivity contribution in [1.29, 1.82) is 0 Å². The zero-order valence-electron chi connectivity index (χ0n) is 15.9. The third-order valence-corrected chi connectivity index (χ3v) is 3.86. The SMILES string of the molecule is CCCCCCCCCC(=O)Oc1ccccc1OC(=O)CC(C)C. The zero-order chi connectivity index (χ0) is 18.5. The fraction of sp³-hybridized carbons (Fsp3) is 0.619. The molecular weight excluding hydrogens is 316 g/mol. The molecule has 0 atom stereocenters. The molecule has 0 amide bonds. The maximum atomic E-state index is 12.0. The Hall–Kier alpha value is -1.84. The van der Waals surface area contributed by atoms with Gasteiger partial charge in [0.25, 0.3) is 0 Å². The van der Waals surface area contributed by atoms with E-state index in [9.17, 15) is 9.59 Å². The maximum absolute atomic E-state index is 12.0. The van der Waals surface area contributed by atoms with Crippen molar-refractivity contribution in [2.24, 2.45) is 5.92 Å². The molecule has 1 aromatic carbocycles. The summed E-state index contributed by atoms with van der Waals surface area (Å²) in [6.45, 7) is 6.11. The van der Waals surface area contributed by atoms with E-state index in [1.165, 1.54) is 25.7 Å². The Morgan fingerprint density at radius 1 is 0.840 bits per heavy atom. The van der Waals surface area contributed by atoms with Crippen LogP contribution >= 0.6 is 0 Å². The van der Waals surface area contributed by atoms with E-state index in [0.29, 0.717) is 24.3 Å². The lowest BCUT2D eigenvalue weighted by Gasteiger charge is -2.11. The van der Waals surface area contributed by atoms with Gasteiger partial charge in [-0.05, 0) is 24.5 Å². The number of carbonyl (C=O) groups is 2. The van der Waals surface area contributed by atoms with E-state index in [4.69, 9.17) is 9.47 Å². The molecule has 0 bridgehead atoms. The normalized spacial score (nSPS) is 10.7. The van der Waals surface area contributed by atoms with Crippen molar-refractivity contribution >= 4 is 11.9 Å². The van der Waals surface area contributed by atoms with Crippen LogP contribution in [0, 0.1) is 5.92 Å². The Morgan fingerprint density at radius 2 is 1.36 bits per heavy atom. The van der Waals surface area contributed by atoms with Gasteiger partial charge in [-0.25, -0.2) is 0 Å². The Kier molecular flexibility index (Phi) is 10.6. The van der Waals surface area contributed by atoms with Crippen molar-refractivity contribution in [2.75, 3.05) is 0 Å². The molecule has 0 heterocycles. The third kappa shape index (κ3) is 9.90. The summed E-state index contributed by atoms with van der Waals surface area (Å²) < 4.78 is 10.7. The third-order valence-electron chi connectivity index (χ3n) is 3.86. The van der Waals surface area contributed by atoms with Gasteiger partial charge in [0, 0.05) is 12.8 Å². The number of hydrogen-bond acceptors (Lipinski definition) is 4. The minimum Gasteiger partial charge on any atom is -0.423 e. The molecule has 0 N–H and O–H groups in total. The van der Waals surface area contributed by atoms with Gasteiger partial charge in [0.2, 0.25) is 0 Å². The topological polar surface area (TPSA) is 52.6 Å². The van der Waals surface area contributed by atoms with Gasteiger partial charge in [0.15, 0.2) is 11.5 Å². The monoisotopic (exact) mass is 348 g/mol. The first-order chi connectivity index (χ1) is 12.0. The van der Waals surface area contributed by atoms with Gasteiger partial charge in [-0.2, -0.15) is 0 Å². The van der Waals surface area contributed by atoms with Crippen LogP contribution in [0.4, 0.5) is 0 Å². The molecule has 0 aliphatic carbocycles. The first-order valence-electron chi connectivity index (χ1n) is 9.53. The first kappa shape index (κ1) is 21.2. The second-order valence-corrected chi connectivity index (χ2v) is 6.86. The van der Waals surface area contributed by atoms with Gasteiger partial charge >= 0.3 is 11.9 Å². The highest BCUT2D eigenvalue weighted by molar-refractivity contribution is 5.76. The van der Waals surface area contributed by atoms with Crippen molar-refractivity contribution in [3.05, 3.63) is 24.3 Å². The summed E-state index contributed by atoms with van der Waals surface area (Å²) in [7, 11) is 0. The number of carbonyl (C=O) groups excluding carboxylic acids is 2. The summed E-state index contributed by atoms with van der Waals surface area (Å²) in [5.41, 5.74) is 0. The fourth-order valence-corrected chi connectivity index (χ4v) is 2.52. The summed E-state index contributed by atoms with van der Waals surface area (Å²) in [6.07, 6.45) is 8.80. The molecule has 0 saturated carbocycles. The second kappa shape index (κ2) is 12.5. The molecule has 0 aliphatic rings. The van der Waals surface area contributed by atoms with Crippen LogP contribution in [0.3, 0.4) is 0 Å². The van der Waals surface area contributed by atoms with Crippen LogP contribution < -0.4 is 9.47 Å². The van der Waals surface area contributed by atoms with Crippen LogP contribution in [-0.2, 0) is 9.59 Å². The number of rotatable bonds is 12. The minimum absolute atomic E-state index is 0.222. The molecule has 0 aromatic heterocycles. The van der Waals surface area contributed by atoms with Crippen molar-refractivity contribution in [1.82, 2.24) is 0 Å². The van der Waals surface area contributed by atoms with Crippen LogP contribution in [-0.4, -0.2) is 11.9 Å². The van der Waals surface area contributed by atoms with E-state index in [2.05, 4.69) is 6.92 Å². The number of para-hydroxylation sites is 2. The fourth-order valence-electron chi connectivity index (χ4n) is 2.52. The number of ether oxygens (including phenoxy) is 2. The Balaban J connectivity index is 2.38. The molecule has 0 fully saturated rings. The Morgan fingerprint density at radius 3 is 1.92 bits per heavy atom. The number of unbranched alkanes of at least 4 members (excludes halogenated alkanes) is 6. The molecular formula is C21H32O4. The van der Waals surface area contributed by atoms with Crippen molar-refractivity contribution in [2.45, 2.75) is 78.6 Å². The van der Waals surface area contributed by atoms with E-state index in [0.717, 1.165) is 19.3 Å². The molecule has 0 aliphatic heterocycles. The quantitative estimate of drug-likeness (QED) is 0.277. The van der Waals surface area contributed by atoms with Crippen molar-refractivity contribution in [3.63, 3.8) is 0 Å². The molecule has 25 heavy (non-hydrogen) atoms. The first-order valence-corrected chi connectivity index (χ1v) is 9.53.